The molecule has 1 aliphatic heterocycles. The first-order valence-corrected chi connectivity index (χ1v) is 8.65. The van der Waals surface area contributed by atoms with Crippen LogP contribution in [-0.2, 0) is 10.0 Å². The van der Waals surface area contributed by atoms with Crippen molar-refractivity contribution in [2.75, 3.05) is 13.1 Å². The summed E-state index contributed by atoms with van der Waals surface area (Å²) in [7, 11) is -3.38. The zero-order valence-corrected chi connectivity index (χ0v) is 12.5. The first-order valence-electron chi connectivity index (χ1n) is 7.21. The second kappa shape index (κ2) is 5.13. The molecule has 1 aromatic carbocycles. The molecule has 3 rings (SSSR count). The summed E-state index contributed by atoms with van der Waals surface area (Å²) in [6.45, 7) is 3.07. The van der Waals surface area contributed by atoms with Gasteiger partial charge in [0, 0.05) is 13.1 Å². The van der Waals surface area contributed by atoms with Crippen LogP contribution < -0.4 is 0 Å². The highest BCUT2D eigenvalue weighted by molar-refractivity contribution is 7.89. The van der Waals surface area contributed by atoms with Crippen LogP contribution in [0.1, 0.15) is 24.8 Å². The average Bonchev–Trinajstić information content (AvgIpc) is 2.78. The van der Waals surface area contributed by atoms with Gasteiger partial charge in [-0.1, -0.05) is 17.7 Å². The smallest absolute Gasteiger partial charge is 0.243 e. The topological polar surface area (TPSA) is 57.6 Å². The lowest BCUT2D eigenvalue weighted by Crippen LogP contribution is -2.42. The van der Waals surface area contributed by atoms with Crippen molar-refractivity contribution < 1.29 is 13.5 Å². The van der Waals surface area contributed by atoms with Gasteiger partial charge in [0.05, 0.1) is 11.0 Å². The molecule has 1 heterocycles. The molecule has 0 amide bonds. The second-order valence-corrected chi connectivity index (χ2v) is 8.05. The second-order valence-electron chi connectivity index (χ2n) is 6.11. The normalized spacial score (nSPS) is 31.2. The molecule has 3 atom stereocenters. The fourth-order valence-corrected chi connectivity index (χ4v) is 5.01. The van der Waals surface area contributed by atoms with Crippen LogP contribution in [0.25, 0.3) is 0 Å². The Kier molecular flexibility index (Phi) is 3.60. The zero-order chi connectivity index (χ0) is 14.3. The molecule has 4 nitrogen and oxygen atoms in total. The Labute approximate surface area is 120 Å². The lowest BCUT2D eigenvalue weighted by Gasteiger charge is -2.34. The first kappa shape index (κ1) is 14.0. The van der Waals surface area contributed by atoms with E-state index in [0.717, 1.165) is 24.8 Å². The fourth-order valence-electron chi connectivity index (χ4n) is 3.50. The molecule has 0 aromatic heterocycles. The summed E-state index contributed by atoms with van der Waals surface area (Å²) in [6, 6.07) is 7.03. The summed E-state index contributed by atoms with van der Waals surface area (Å²) < 4.78 is 26.9. The van der Waals surface area contributed by atoms with E-state index in [4.69, 9.17) is 0 Å². The number of sulfonamides is 1. The third-order valence-electron chi connectivity index (χ3n) is 4.66. The number of rotatable bonds is 2. The van der Waals surface area contributed by atoms with Crippen molar-refractivity contribution >= 4 is 10.0 Å². The van der Waals surface area contributed by atoms with E-state index in [0.29, 0.717) is 29.8 Å². The lowest BCUT2D eigenvalue weighted by atomic mass is 9.90. The van der Waals surface area contributed by atoms with Crippen LogP contribution in [0, 0.1) is 18.8 Å². The highest BCUT2D eigenvalue weighted by Crippen LogP contribution is 2.39. The van der Waals surface area contributed by atoms with Gasteiger partial charge >= 0.3 is 0 Å². The maximum atomic E-state index is 12.6. The van der Waals surface area contributed by atoms with E-state index in [1.54, 1.807) is 16.4 Å². The molecule has 1 N–H and O–H groups in total. The SMILES string of the molecule is Cc1ccc(S(=O)(=O)N2CC[C@H]3C[C@H](O)C[C@H]3C2)cc1. The van der Waals surface area contributed by atoms with E-state index in [2.05, 4.69) is 0 Å². The van der Waals surface area contributed by atoms with Crippen LogP contribution in [0.3, 0.4) is 0 Å². The van der Waals surface area contributed by atoms with Gasteiger partial charge in [-0.25, -0.2) is 8.42 Å². The van der Waals surface area contributed by atoms with Gasteiger partial charge < -0.3 is 5.11 Å². The minimum absolute atomic E-state index is 0.243. The predicted octanol–water partition coefficient (Wildman–Crippen LogP) is 1.78. The van der Waals surface area contributed by atoms with Crippen LogP contribution in [0.15, 0.2) is 29.2 Å². The minimum Gasteiger partial charge on any atom is -0.393 e. The molecule has 1 aliphatic carbocycles. The van der Waals surface area contributed by atoms with Gasteiger partial charge in [-0.2, -0.15) is 4.31 Å². The lowest BCUT2D eigenvalue weighted by molar-refractivity contribution is 0.175. The van der Waals surface area contributed by atoms with Crippen molar-refractivity contribution in [3.05, 3.63) is 29.8 Å². The highest BCUT2D eigenvalue weighted by Gasteiger charge is 2.40. The molecule has 1 saturated heterocycles. The summed E-state index contributed by atoms with van der Waals surface area (Å²) in [4.78, 5) is 0.375. The Morgan fingerprint density at radius 2 is 1.80 bits per heavy atom. The van der Waals surface area contributed by atoms with Gasteiger partial charge in [-0.05, 0) is 50.2 Å². The third-order valence-corrected chi connectivity index (χ3v) is 6.54. The van der Waals surface area contributed by atoms with Crippen LogP contribution in [0.2, 0.25) is 0 Å². The van der Waals surface area contributed by atoms with E-state index < -0.39 is 10.0 Å². The van der Waals surface area contributed by atoms with Gasteiger partial charge in [0.25, 0.3) is 0 Å². The summed E-state index contributed by atoms with van der Waals surface area (Å²) in [5.74, 6) is 0.813. The van der Waals surface area contributed by atoms with Gasteiger partial charge in [-0.3, -0.25) is 0 Å². The van der Waals surface area contributed by atoms with E-state index >= 15 is 0 Å². The molecule has 2 aliphatic rings. The monoisotopic (exact) mass is 295 g/mol. The molecular weight excluding hydrogens is 274 g/mol. The van der Waals surface area contributed by atoms with E-state index in [9.17, 15) is 13.5 Å². The predicted molar refractivity (Wildman–Crippen MR) is 76.8 cm³/mol. The number of piperidine rings is 1. The van der Waals surface area contributed by atoms with E-state index in [1.807, 2.05) is 19.1 Å². The van der Waals surface area contributed by atoms with Gasteiger partial charge in [0.1, 0.15) is 0 Å². The molecule has 20 heavy (non-hydrogen) atoms. The van der Waals surface area contributed by atoms with Crippen molar-refractivity contribution in [3.63, 3.8) is 0 Å². The molecule has 1 saturated carbocycles. The van der Waals surface area contributed by atoms with Crippen molar-refractivity contribution in [2.24, 2.45) is 11.8 Å². The fraction of sp³-hybridized carbons (Fsp3) is 0.600. The third kappa shape index (κ3) is 2.50. The number of benzene rings is 1. The minimum atomic E-state index is -3.38. The molecule has 2 fully saturated rings. The number of aliphatic hydroxyl groups excluding tert-OH is 1. The van der Waals surface area contributed by atoms with Crippen molar-refractivity contribution in [1.82, 2.24) is 4.31 Å². The van der Waals surface area contributed by atoms with Gasteiger partial charge in [0.2, 0.25) is 10.0 Å². The van der Waals surface area contributed by atoms with Crippen LogP contribution in [-0.4, -0.2) is 37.0 Å². The number of hydrogen-bond donors (Lipinski definition) is 1. The Balaban J connectivity index is 1.80. The molecule has 0 radical (unpaired) electrons. The first-order chi connectivity index (χ1) is 9.46. The Morgan fingerprint density at radius 3 is 2.50 bits per heavy atom. The molecule has 110 valence electrons. The highest BCUT2D eigenvalue weighted by atomic mass is 32.2. The maximum Gasteiger partial charge on any atom is 0.243 e. The molecular formula is C15H21NO3S. The van der Waals surface area contributed by atoms with Crippen LogP contribution in [0.5, 0.6) is 0 Å². The van der Waals surface area contributed by atoms with E-state index in [1.165, 1.54) is 0 Å². The Morgan fingerprint density at radius 1 is 1.15 bits per heavy atom. The van der Waals surface area contributed by atoms with E-state index in [-0.39, 0.29) is 6.10 Å². The molecule has 0 bridgehead atoms. The maximum absolute atomic E-state index is 12.6. The number of hydrogen-bond acceptors (Lipinski definition) is 3. The number of aliphatic hydroxyl groups is 1. The van der Waals surface area contributed by atoms with Gasteiger partial charge in [-0.15, -0.1) is 0 Å². The molecule has 5 heteroatoms. The van der Waals surface area contributed by atoms with Crippen molar-refractivity contribution in [2.45, 2.75) is 37.2 Å². The summed E-state index contributed by atoms with van der Waals surface area (Å²) in [5.41, 5.74) is 1.06. The average molecular weight is 295 g/mol. The number of aryl methyl sites for hydroxylation is 1. The van der Waals surface area contributed by atoms with Crippen molar-refractivity contribution in [1.29, 1.82) is 0 Å². The summed E-state index contributed by atoms with van der Waals surface area (Å²) in [5, 5.41) is 9.73. The Bertz CT molecular complexity index is 582. The number of fused-ring (bicyclic) bond motifs is 1. The molecule has 0 unspecified atom stereocenters. The quantitative estimate of drug-likeness (QED) is 0.905. The van der Waals surface area contributed by atoms with Crippen LogP contribution >= 0.6 is 0 Å². The summed E-state index contributed by atoms with van der Waals surface area (Å²) in [6.07, 6.45) is 2.20. The number of nitrogens with zero attached hydrogens (tertiary/aromatic N) is 1. The largest absolute Gasteiger partial charge is 0.393 e. The van der Waals surface area contributed by atoms with Gasteiger partial charge in [0.15, 0.2) is 0 Å². The van der Waals surface area contributed by atoms with Crippen LogP contribution in [0.4, 0.5) is 0 Å². The molecule has 1 aromatic rings. The Hall–Kier alpha value is -0.910. The molecule has 0 spiro atoms. The summed E-state index contributed by atoms with van der Waals surface area (Å²) >= 11 is 0. The van der Waals surface area contributed by atoms with Crippen molar-refractivity contribution in [3.8, 4) is 0 Å². The zero-order valence-electron chi connectivity index (χ0n) is 11.7. The standard InChI is InChI=1S/C15H21NO3S/c1-11-2-4-15(5-3-11)20(18,19)16-7-6-12-8-14(17)9-13(12)10-16/h2-5,12-14,17H,6-10H2,1H3/t12-,13-,14-/m0/s1.